The number of carboxylic acid groups (broad SMARTS) is 1. The molecule has 3 N–H and O–H groups in total. The van der Waals surface area contributed by atoms with E-state index in [1.807, 2.05) is 35.8 Å². The fraction of sp³-hybridized carbons (Fsp3) is 0.0625. The molecule has 0 saturated carbocycles. The van der Waals surface area contributed by atoms with Gasteiger partial charge >= 0.3 is 5.97 Å². The van der Waals surface area contributed by atoms with Crippen LogP contribution < -0.4 is 5.73 Å². The highest BCUT2D eigenvalue weighted by Crippen LogP contribution is 2.30. The molecular formula is C16H14N2O2. The standard InChI is InChI=1S/C16H14N2O2/c1-10-15(17)13-4-2-3-5-14(13)18(10)12-8-6-11(7-9-12)16(19)20/h2-9H,17H2,1H3,(H,19,20). The second kappa shape index (κ2) is 4.42. The Balaban J connectivity index is 2.24. The Labute approximate surface area is 116 Å². The van der Waals surface area contributed by atoms with E-state index in [0.717, 1.165) is 28.0 Å². The third kappa shape index (κ3) is 1.73. The monoisotopic (exact) mass is 266 g/mol. The first-order chi connectivity index (χ1) is 9.59. The van der Waals surface area contributed by atoms with Gasteiger partial charge in [0.1, 0.15) is 0 Å². The molecule has 0 aliphatic heterocycles. The van der Waals surface area contributed by atoms with E-state index in [1.54, 1.807) is 24.3 Å². The summed E-state index contributed by atoms with van der Waals surface area (Å²) in [7, 11) is 0. The smallest absolute Gasteiger partial charge is 0.335 e. The van der Waals surface area contributed by atoms with Gasteiger partial charge in [0.15, 0.2) is 0 Å². The average molecular weight is 266 g/mol. The van der Waals surface area contributed by atoms with E-state index in [1.165, 1.54) is 0 Å². The maximum absolute atomic E-state index is 10.9. The third-order valence-electron chi connectivity index (χ3n) is 3.53. The van der Waals surface area contributed by atoms with Crippen LogP contribution in [0.4, 0.5) is 5.69 Å². The van der Waals surface area contributed by atoms with Gasteiger partial charge in [0.2, 0.25) is 0 Å². The largest absolute Gasteiger partial charge is 0.478 e. The molecule has 4 nitrogen and oxygen atoms in total. The number of hydrogen-bond donors (Lipinski definition) is 2. The van der Waals surface area contributed by atoms with Crippen LogP contribution in [0.25, 0.3) is 16.6 Å². The van der Waals surface area contributed by atoms with Crippen LogP contribution in [0, 0.1) is 6.92 Å². The summed E-state index contributed by atoms with van der Waals surface area (Å²) in [4.78, 5) is 10.9. The molecule has 2 aromatic carbocycles. The summed E-state index contributed by atoms with van der Waals surface area (Å²) in [5, 5.41) is 9.96. The number of fused-ring (bicyclic) bond motifs is 1. The zero-order chi connectivity index (χ0) is 14.3. The number of carboxylic acids is 1. The predicted molar refractivity (Wildman–Crippen MR) is 79.4 cm³/mol. The van der Waals surface area contributed by atoms with Gasteiger partial charge in [-0.25, -0.2) is 4.79 Å². The van der Waals surface area contributed by atoms with E-state index in [4.69, 9.17) is 10.8 Å². The van der Waals surface area contributed by atoms with Gasteiger partial charge in [-0.1, -0.05) is 18.2 Å². The second-order valence-corrected chi connectivity index (χ2v) is 4.70. The lowest BCUT2D eigenvalue weighted by molar-refractivity contribution is 0.0697. The van der Waals surface area contributed by atoms with Crippen molar-refractivity contribution in [3.63, 3.8) is 0 Å². The van der Waals surface area contributed by atoms with Crippen molar-refractivity contribution >= 4 is 22.6 Å². The zero-order valence-corrected chi connectivity index (χ0v) is 11.0. The van der Waals surface area contributed by atoms with Gasteiger partial charge in [-0.05, 0) is 37.3 Å². The molecule has 100 valence electrons. The summed E-state index contributed by atoms with van der Waals surface area (Å²) in [5.74, 6) is -0.926. The molecule has 4 heteroatoms. The number of benzene rings is 2. The van der Waals surface area contributed by atoms with Crippen LogP contribution in [0.15, 0.2) is 48.5 Å². The van der Waals surface area contributed by atoms with Crippen molar-refractivity contribution in [3.05, 3.63) is 59.8 Å². The van der Waals surface area contributed by atoms with E-state index in [0.29, 0.717) is 0 Å². The van der Waals surface area contributed by atoms with Crippen molar-refractivity contribution in [2.75, 3.05) is 5.73 Å². The van der Waals surface area contributed by atoms with Crippen molar-refractivity contribution in [1.82, 2.24) is 4.57 Å². The first kappa shape index (κ1) is 12.3. The van der Waals surface area contributed by atoms with Gasteiger partial charge in [-0.15, -0.1) is 0 Å². The molecular weight excluding hydrogens is 252 g/mol. The maximum Gasteiger partial charge on any atom is 0.335 e. The molecule has 0 spiro atoms. The normalized spacial score (nSPS) is 10.8. The Hall–Kier alpha value is -2.75. The summed E-state index contributed by atoms with van der Waals surface area (Å²) in [6, 6.07) is 14.7. The minimum Gasteiger partial charge on any atom is -0.478 e. The van der Waals surface area contributed by atoms with Crippen LogP contribution >= 0.6 is 0 Å². The zero-order valence-electron chi connectivity index (χ0n) is 11.0. The van der Waals surface area contributed by atoms with Crippen LogP contribution in [0.1, 0.15) is 16.1 Å². The van der Waals surface area contributed by atoms with Crippen molar-refractivity contribution in [2.24, 2.45) is 0 Å². The molecule has 1 heterocycles. The van der Waals surface area contributed by atoms with E-state index < -0.39 is 5.97 Å². The van der Waals surface area contributed by atoms with Crippen molar-refractivity contribution in [1.29, 1.82) is 0 Å². The van der Waals surface area contributed by atoms with Crippen molar-refractivity contribution < 1.29 is 9.90 Å². The van der Waals surface area contributed by atoms with Gasteiger partial charge in [0, 0.05) is 16.8 Å². The highest BCUT2D eigenvalue weighted by atomic mass is 16.4. The van der Waals surface area contributed by atoms with Crippen LogP contribution in [0.5, 0.6) is 0 Å². The van der Waals surface area contributed by atoms with E-state index in [2.05, 4.69) is 0 Å². The van der Waals surface area contributed by atoms with Crippen LogP contribution in [-0.2, 0) is 0 Å². The molecule has 0 unspecified atom stereocenters. The molecule has 0 aliphatic rings. The molecule has 0 amide bonds. The first-order valence-electron chi connectivity index (χ1n) is 6.29. The Kier molecular flexibility index (Phi) is 2.71. The Morgan fingerprint density at radius 2 is 1.75 bits per heavy atom. The van der Waals surface area contributed by atoms with Gasteiger partial charge in [0.05, 0.1) is 16.8 Å². The molecule has 0 saturated heterocycles. The molecule has 3 aromatic rings. The fourth-order valence-electron chi connectivity index (χ4n) is 2.48. The quantitative estimate of drug-likeness (QED) is 0.748. The fourth-order valence-corrected chi connectivity index (χ4v) is 2.48. The number of aromatic nitrogens is 1. The number of aromatic carboxylic acids is 1. The molecule has 0 radical (unpaired) electrons. The number of nitrogens with two attached hydrogens (primary N) is 1. The van der Waals surface area contributed by atoms with Crippen LogP contribution in [-0.4, -0.2) is 15.6 Å². The minimum absolute atomic E-state index is 0.274. The molecule has 0 aliphatic carbocycles. The molecule has 1 aromatic heterocycles. The topological polar surface area (TPSA) is 68.2 Å². The number of nitrogens with zero attached hydrogens (tertiary/aromatic N) is 1. The number of rotatable bonds is 2. The molecule has 20 heavy (non-hydrogen) atoms. The summed E-state index contributed by atoms with van der Waals surface area (Å²) in [6.45, 7) is 1.96. The Bertz CT molecular complexity index is 801. The number of hydrogen-bond acceptors (Lipinski definition) is 2. The van der Waals surface area contributed by atoms with E-state index in [-0.39, 0.29) is 5.56 Å². The highest BCUT2D eigenvalue weighted by molar-refractivity contribution is 5.95. The van der Waals surface area contributed by atoms with Crippen LogP contribution in [0.2, 0.25) is 0 Å². The Morgan fingerprint density at radius 3 is 2.40 bits per heavy atom. The van der Waals surface area contributed by atoms with E-state index in [9.17, 15) is 4.79 Å². The second-order valence-electron chi connectivity index (χ2n) is 4.70. The highest BCUT2D eigenvalue weighted by Gasteiger charge is 2.12. The lowest BCUT2D eigenvalue weighted by Gasteiger charge is -2.08. The Morgan fingerprint density at radius 1 is 1.10 bits per heavy atom. The summed E-state index contributed by atoms with van der Waals surface area (Å²) >= 11 is 0. The first-order valence-corrected chi connectivity index (χ1v) is 6.29. The number of para-hydroxylation sites is 1. The van der Waals surface area contributed by atoms with Crippen LogP contribution in [0.3, 0.4) is 0 Å². The predicted octanol–water partition coefficient (Wildman–Crippen LogP) is 3.22. The molecule has 3 rings (SSSR count). The molecule has 0 fully saturated rings. The maximum atomic E-state index is 10.9. The van der Waals surface area contributed by atoms with E-state index >= 15 is 0 Å². The molecule has 0 bridgehead atoms. The van der Waals surface area contributed by atoms with Gasteiger partial charge in [0.25, 0.3) is 0 Å². The third-order valence-corrected chi connectivity index (χ3v) is 3.53. The number of carbonyl (C=O) groups is 1. The summed E-state index contributed by atoms with van der Waals surface area (Å²) in [6.07, 6.45) is 0. The number of nitrogen functional groups attached to an aromatic ring is 1. The number of anilines is 1. The lowest BCUT2D eigenvalue weighted by Crippen LogP contribution is -2.00. The van der Waals surface area contributed by atoms with Crippen molar-refractivity contribution in [3.8, 4) is 5.69 Å². The van der Waals surface area contributed by atoms with Gasteiger partial charge in [-0.2, -0.15) is 0 Å². The summed E-state index contributed by atoms with van der Waals surface area (Å²) < 4.78 is 2.04. The molecule has 0 atom stereocenters. The van der Waals surface area contributed by atoms with Crippen molar-refractivity contribution in [2.45, 2.75) is 6.92 Å². The summed E-state index contributed by atoms with van der Waals surface area (Å²) in [5.41, 5.74) is 10.0. The SMILES string of the molecule is Cc1c(N)c2ccccc2n1-c1ccc(C(=O)O)cc1. The lowest BCUT2D eigenvalue weighted by atomic mass is 10.2. The van der Waals surface area contributed by atoms with Gasteiger partial charge in [-0.3, -0.25) is 0 Å². The van der Waals surface area contributed by atoms with Gasteiger partial charge < -0.3 is 15.4 Å². The average Bonchev–Trinajstić information content (AvgIpc) is 2.72. The minimum atomic E-state index is -0.926.